The van der Waals surface area contributed by atoms with E-state index in [0.29, 0.717) is 24.8 Å². The molecule has 0 unspecified atom stereocenters. The quantitative estimate of drug-likeness (QED) is 0.384. The average Bonchev–Trinajstić information content (AvgIpc) is 3.41. The number of likely N-dealkylation sites (tertiary alicyclic amines) is 1. The largest absolute Gasteiger partial charge is 0.378 e. The third-order valence-corrected chi connectivity index (χ3v) is 6.75. The van der Waals surface area contributed by atoms with E-state index in [-0.39, 0.29) is 17.7 Å². The van der Waals surface area contributed by atoms with Crippen LogP contribution in [0.2, 0.25) is 0 Å². The Morgan fingerprint density at radius 2 is 1.46 bits per heavy atom. The molecule has 35 heavy (non-hydrogen) atoms. The van der Waals surface area contributed by atoms with Crippen molar-refractivity contribution in [2.24, 2.45) is 0 Å². The summed E-state index contributed by atoms with van der Waals surface area (Å²) in [6, 6.07) is 28.2. The summed E-state index contributed by atoms with van der Waals surface area (Å²) in [5, 5.41) is 4.22. The molecule has 0 bridgehead atoms. The van der Waals surface area contributed by atoms with Gasteiger partial charge in [0.2, 0.25) is 17.6 Å². The standard InChI is InChI=1S/C29H30N4O2/c1-32(2)25-15-13-23(14-16-25)27-30-28(35-31-27)24-17-19-33(20-18-24)29(34)26(21-9-5-3-6-10-21)22-11-7-4-8-12-22/h3-16,24,26H,17-20H2,1-2H3. The van der Waals surface area contributed by atoms with Gasteiger partial charge in [-0.3, -0.25) is 4.79 Å². The maximum absolute atomic E-state index is 13.7. The molecule has 3 aromatic carbocycles. The first kappa shape index (κ1) is 22.8. The summed E-state index contributed by atoms with van der Waals surface area (Å²) in [6.45, 7) is 1.35. The second-order valence-electron chi connectivity index (χ2n) is 9.25. The molecule has 4 aromatic rings. The minimum Gasteiger partial charge on any atom is -0.378 e. The molecule has 0 spiro atoms. The second kappa shape index (κ2) is 10.1. The van der Waals surface area contributed by atoms with E-state index in [1.165, 1.54) is 0 Å². The van der Waals surface area contributed by atoms with Crippen LogP contribution in [0.25, 0.3) is 11.4 Å². The topological polar surface area (TPSA) is 62.5 Å². The predicted octanol–water partition coefficient (Wildman–Crippen LogP) is 5.34. The lowest BCUT2D eigenvalue weighted by molar-refractivity contribution is -0.133. The molecule has 5 rings (SSSR count). The second-order valence-corrected chi connectivity index (χ2v) is 9.25. The average molecular weight is 467 g/mol. The van der Waals surface area contributed by atoms with E-state index in [4.69, 9.17) is 4.52 Å². The first-order valence-electron chi connectivity index (χ1n) is 12.1. The molecule has 6 heteroatoms. The molecule has 0 saturated carbocycles. The van der Waals surface area contributed by atoms with E-state index in [2.05, 4.69) is 15.0 Å². The van der Waals surface area contributed by atoms with Gasteiger partial charge in [0.15, 0.2) is 0 Å². The fourth-order valence-electron chi connectivity index (χ4n) is 4.72. The predicted molar refractivity (Wildman–Crippen MR) is 137 cm³/mol. The lowest BCUT2D eigenvalue weighted by Gasteiger charge is -2.33. The number of hydrogen-bond acceptors (Lipinski definition) is 5. The van der Waals surface area contributed by atoms with Gasteiger partial charge in [0.25, 0.3) is 0 Å². The highest BCUT2D eigenvalue weighted by atomic mass is 16.5. The summed E-state index contributed by atoms with van der Waals surface area (Å²) in [5.74, 6) is 1.28. The first-order chi connectivity index (χ1) is 17.1. The normalized spacial score (nSPS) is 14.3. The highest BCUT2D eigenvalue weighted by molar-refractivity contribution is 5.87. The summed E-state index contributed by atoms with van der Waals surface area (Å²) in [4.78, 5) is 22.4. The van der Waals surface area contributed by atoms with Crippen molar-refractivity contribution >= 4 is 11.6 Å². The van der Waals surface area contributed by atoms with Crippen LogP contribution in [0, 0.1) is 0 Å². The summed E-state index contributed by atoms with van der Waals surface area (Å²) >= 11 is 0. The minimum absolute atomic E-state index is 0.146. The zero-order valence-corrected chi connectivity index (χ0v) is 20.2. The summed E-state index contributed by atoms with van der Waals surface area (Å²) < 4.78 is 5.64. The SMILES string of the molecule is CN(C)c1ccc(-c2noc(C3CCN(C(=O)C(c4ccccc4)c4ccccc4)CC3)n2)cc1. The van der Waals surface area contributed by atoms with Crippen LogP contribution in [0.1, 0.15) is 41.7 Å². The molecule has 0 aliphatic carbocycles. The third kappa shape index (κ3) is 4.97. The molecule has 1 amide bonds. The van der Waals surface area contributed by atoms with Crippen LogP contribution in [0.15, 0.2) is 89.5 Å². The van der Waals surface area contributed by atoms with Crippen molar-refractivity contribution in [3.8, 4) is 11.4 Å². The van der Waals surface area contributed by atoms with E-state index in [9.17, 15) is 4.79 Å². The number of carbonyl (C=O) groups excluding carboxylic acids is 1. The van der Waals surface area contributed by atoms with Crippen molar-refractivity contribution in [2.45, 2.75) is 24.7 Å². The van der Waals surface area contributed by atoms with Crippen LogP contribution in [-0.4, -0.2) is 48.1 Å². The molecule has 2 heterocycles. The number of rotatable bonds is 6. The van der Waals surface area contributed by atoms with Crippen molar-refractivity contribution in [3.63, 3.8) is 0 Å². The van der Waals surface area contributed by atoms with Crippen molar-refractivity contribution in [1.82, 2.24) is 15.0 Å². The Kier molecular flexibility index (Phi) is 6.62. The van der Waals surface area contributed by atoms with Gasteiger partial charge in [-0.15, -0.1) is 0 Å². The van der Waals surface area contributed by atoms with Crippen molar-refractivity contribution in [1.29, 1.82) is 0 Å². The number of benzene rings is 3. The van der Waals surface area contributed by atoms with Crippen LogP contribution in [0.3, 0.4) is 0 Å². The van der Waals surface area contributed by atoms with Gasteiger partial charge >= 0.3 is 0 Å². The van der Waals surface area contributed by atoms with E-state index in [1.807, 2.05) is 104 Å². The number of aromatic nitrogens is 2. The van der Waals surface area contributed by atoms with Gasteiger partial charge in [-0.05, 0) is 48.2 Å². The van der Waals surface area contributed by atoms with Gasteiger partial charge in [-0.25, -0.2) is 0 Å². The van der Waals surface area contributed by atoms with Crippen LogP contribution in [-0.2, 0) is 4.79 Å². The van der Waals surface area contributed by atoms with Crippen LogP contribution < -0.4 is 4.90 Å². The zero-order valence-electron chi connectivity index (χ0n) is 20.2. The number of amides is 1. The van der Waals surface area contributed by atoms with Crippen molar-refractivity contribution in [2.75, 3.05) is 32.1 Å². The molecule has 6 nitrogen and oxygen atoms in total. The number of anilines is 1. The summed E-state index contributed by atoms with van der Waals surface area (Å²) in [7, 11) is 4.03. The maximum atomic E-state index is 13.7. The van der Waals surface area contributed by atoms with Gasteiger partial charge in [-0.2, -0.15) is 4.98 Å². The van der Waals surface area contributed by atoms with Crippen molar-refractivity contribution in [3.05, 3.63) is 102 Å². The number of hydrogen-bond donors (Lipinski definition) is 0. The first-order valence-corrected chi connectivity index (χ1v) is 12.1. The van der Waals surface area contributed by atoms with E-state index in [0.717, 1.165) is 35.2 Å². The fourth-order valence-corrected chi connectivity index (χ4v) is 4.72. The molecule has 1 fully saturated rings. The molecule has 0 atom stereocenters. The third-order valence-electron chi connectivity index (χ3n) is 6.75. The Morgan fingerprint density at radius 3 is 2.00 bits per heavy atom. The van der Waals surface area contributed by atoms with Gasteiger partial charge in [0.05, 0.1) is 5.92 Å². The molecule has 0 N–H and O–H groups in total. The molecule has 1 aliphatic heterocycles. The number of piperidine rings is 1. The Morgan fingerprint density at radius 1 is 0.886 bits per heavy atom. The van der Waals surface area contributed by atoms with Gasteiger partial charge in [-0.1, -0.05) is 65.8 Å². The monoisotopic (exact) mass is 466 g/mol. The minimum atomic E-state index is -0.297. The van der Waals surface area contributed by atoms with Gasteiger partial charge in [0, 0.05) is 44.4 Å². The summed E-state index contributed by atoms with van der Waals surface area (Å²) in [5.41, 5.74) is 4.10. The zero-order chi connectivity index (χ0) is 24.2. The van der Waals surface area contributed by atoms with Crippen molar-refractivity contribution < 1.29 is 9.32 Å². The lowest BCUT2D eigenvalue weighted by atomic mass is 9.88. The Hall–Kier alpha value is -3.93. The Labute approximate surface area is 206 Å². The Bertz CT molecular complexity index is 1210. The summed E-state index contributed by atoms with van der Waals surface area (Å²) in [6.07, 6.45) is 1.62. The number of carbonyl (C=O) groups is 1. The molecule has 1 aliphatic rings. The van der Waals surface area contributed by atoms with E-state index < -0.39 is 0 Å². The van der Waals surface area contributed by atoms with Gasteiger partial charge < -0.3 is 14.3 Å². The van der Waals surface area contributed by atoms with Crippen LogP contribution in [0.5, 0.6) is 0 Å². The highest BCUT2D eigenvalue weighted by Gasteiger charge is 2.32. The molecule has 1 saturated heterocycles. The lowest BCUT2D eigenvalue weighted by Crippen LogP contribution is -2.41. The highest BCUT2D eigenvalue weighted by Crippen LogP contribution is 2.32. The number of nitrogens with zero attached hydrogens (tertiary/aromatic N) is 4. The van der Waals surface area contributed by atoms with Gasteiger partial charge in [0.1, 0.15) is 0 Å². The molecular weight excluding hydrogens is 436 g/mol. The van der Waals surface area contributed by atoms with Crippen LogP contribution >= 0.6 is 0 Å². The molecule has 0 radical (unpaired) electrons. The smallest absolute Gasteiger partial charge is 0.234 e. The maximum Gasteiger partial charge on any atom is 0.234 e. The molecule has 178 valence electrons. The van der Waals surface area contributed by atoms with E-state index in [1.54, 1.807) is 0 Å². The van der Waals surface area contributed by atoms with E-state index >= 15 is 0 Å². The Balaban J connectivity index is 1.27. The fraction of sp³-hybridized carbons (Fsp3) is 0.276. The van der Waals surface area contributed by atoms with Crippen LogP contribution in [0.4, 0.5) is 5.69 Å². The molecular formula is C29H30N4O2. The molecule has 1 aromatic heterocycles.